The van der Waals surface area contributed by atoms with Gasteiger partial charge < -0.3 is 0 Å². The lowest BCUT2D eigenvalue weighted by Gasteiger charge is -1.95. The normalized spacial score (nSPS) is 10.1. The molecule has 0 N–H and O–H groups in total. The van der Waals surface area contributed by atoms with Crippen LogP contribution in [0.5, 0.6) is 0 Å². The van der Waals surface area contributed by atoms with Crippen LogP contribution in [-0.4, -0.2) is 10.8 Å². The van der Waals surface area contributed by atoms with E-state index < -0.39 is 0 Å². The van der Waals surface area contributed by atoms with E-state index in [2.05, 4.69) is 4.98 Å². The Labute approximate surface area is 86.2 Å². The third kappa shape index (κ3) is 1.72. The number of aromatic nitrogens is 1. The molecule has 70 valence electrons. The van der Waals surface area contributed by atoms with Crippen molar-refractivity contribution in [1.29, 1.82) is 0 Å². The summed E-state index contributed by atoms with van der Waals surface area (Å²) in [6.45, 7) is 1.99. The molecule has 2 heterocycles. The zero-order chi connectivity index (χ0) is 9.97. The first-order valence-corrected chi connectivity index (χ1v) is 5.15. The van der Waals surface area contributed by atoms with Gasteiger partial charge in [-0.3, -0.25) is 9.78 Å². The zero-order valence-corrected chi connectivity index (χ0v) is 8.54. The van der Waals surface area contributed by atoms with E-state index in [4.69, 9.17) is 0 Å². The number of aryl methyl sites for hydroxylation is 1. The SMILES string of the molecule is Cc1cc(C(=O)c2cccnc2)cs1. The molecular weight excluding hydrogens is 194 g/mol. The highest BCUT2D eigenvalue weighted by Gasteiger charge is 2.09. The Balaban J connectivity index is 2.34. The minimum absolute atomic E-state index is 0.0439. The van der Waals surface area contributed by atoms with Gasteiger partial charge in [0.05, 0.1) is 0 Å². The van der Waals surface area contributed by atoms with Crippen molar-refractivity contribution in [2.75, 3.05) is 0 Å². The number of nitrogens with zero attached hydrogens (tertiary/aromatic N) is 1. The van der Waals surface area contributed by atoms with Crippen LogP contribution in [0.2, 0.25) is 0 Å². The van der Waals surface area contributed by atoms with E-state index in [-0.39, 0.29) is 5.78 Å². The molecule has 2 aromatic heterocycles. The maximum Gasteiger partial charge on any atom is 0.195 e. The van der Waals surface area contributed by atoms with Crippen molar-refractivity contribution in [3.63, 3.8) is 0 Å². The molecule has 2 rings (SSSR count). The summed E-state index contributed by atoms with van der Waals surface area (Å²) in [5.74, 6) is 0.0439. The molecule has 14 heavy (non-hydrogen) atoms. The van der Waals surface area contributed by atoms with Crippen LogP contribution in [0.1, 0.15) is 20.8 Å². The van der Waals surface area contributed by atoms with Crippen LogP contribution >= 0.6 is 11.3 Å². The number of thiophene rings is 1. The molecule has 0 aromatic carbocycles. The fourth-order valence-corrected chi connectivity index (χ4v) is 1.91. The van der Waals surface area contributed by atoms with E-state index in [0.29, 0.717) is 5.56 Å². The van der Waals surface area contributed by atoms with Gasteiger partial charge in [-0.1, -0.05) is 0 Å². The van der Waals surface area contributed by atoms with Crippen molar-refractivity contribution >= 4 is 17.1 Å². The van der Waals surface area contributed by atoms with E-state index in [9.17, 15) is 4.79 Å². The van der Waals surface area contributed by atoms with Crippen molar-refractivity contribution in [3.8, 4) is 0 Å². The molecular formula is C11H9NOS. The first-order valence-electron chi connectivity index (χ1n) is 4.27. The van der Waals surface area contributed by atoms with Crippen LogP contribution < -0.4 is 0 Å². The van der Waals surface area contributed by atoms with Crippen molar-refractivity contribution in [2.24, 2.45) is 0 Å². The Morgan fingerprint density at radius 1 is 1.43 bits per heavy atom. The first-order chi connectivity index (χ1) is 6.77. The van der Waals surface area contributed by atoms with Crippen molar-refractivity contribution < 1.29 is 4.79 Å². The van der Waals surface area contributed by atoms with Gasteiger partial charge in [-0.05, 0) is 25.1 Å². The van der Waals surface area contributed by atoms with Gasteiger partial charge in [-0.25, -0.2) is 0 Å². The van der Waals surface area contributed by atoms with Crippen LogP contribution in [0.25, 0.3) is 0 Å². The third-order valence-electron chi connectivity index (χ3n) is 1.92. The molecule has 0 atom stereocenters. The van der Waals surface area contributed by atoms with Crippen LogP contribution in [-0.2, 0) is 0 Å². The summed E-state index contributed by atoms with van der Waals surface area (Å²) in [5.41, 5.74) is 1.39. The van der Waals surface area contributed by atoms with Crippen molar-refractivity contribution in [2.45, 2.75) is 6.92 Å². The highest BCUT2D eigenvalue weighted by molar-refractivity contribution is 7.10. The Morgan fingerprint density at radius 3 is 2.86 bits per heavy atom. The number of pyridine rings is 1. The Hall–Kier alpha value is -1.48. The van der Waals surface area contributed by atoms with Gasteiger partial charge in [0, 0.05) is 33.8 Å². The fraction of sp³-hybridized carbons (Fsp3) is 0.0909. The topological polar surface area (TPSA) is 30.0 Å². The van der Waals surface area contributed by atoms with Gasteiger partial charge in [0.2, 0.25) is 0 Å². The second kappa shape index (κ2) is 3.72. The van der Waals surface area contributed by atoms with Crippen molar-refractivity contribution in [3.05, 3.63) is 52.0 Å². The Bertz CT molecular complexity index is 447. The predicted molar refractivity (Wildman–Crippen MR) is 56.7 cm³/mol. The predicted octanol–water partition coefficient (Wildman–Crippen LogP) is 2.68. The number of ketones is 1. The van der Waals surface area contributed by atoms with Gasteiger partial charge in [-0.2, -0.15) is 0 Å². The van der Waals surface area contributed by atoms with Gasteiger partial charge in [0.15, 0.2) is 5.78 Å². The van der Waals surface area contributed by atoms with E-state index in [1.54, 1.807) is 35.9 Å². The molecule has 0 bridgehead atoms. The molecule has 0 aliphatic rings. The minimum Gasteiger partial charge on any atom is -0.289 e. The van der Waals surface area contributed by atoms with Crippen LogP contribution in [0, 0.1) is 6.92 Å². The molecule has 2 aromatic rings. The van der Waals surface area contributed by atoms with Gasteiger partial charge in [-0.15, -0.1) is 11.3 Å². The van der Waals surface area contributed by atoms with Crippen LogP contribution in [0.3, 0.4) is 0 Å². The molecule has 0 spiro atoms. The van der Waals surface area contributed by atoms with Crippen molar-refractivity contribution in [1.82, 2.24) is 4.98 Å². The smallest absolute Gasteiger partial charge is 0.195 e. The first kappa shape index (κ1) is 9.09. The molecule has 0 aliphatic heterocycles. The molecule has 0 unspecified atom stereocenters. The van der Waals surface area contributed by atoms with Crippen LogP contribution in [0.15, 0.2) is 36.0 Å². The summed E-state index contributed by atoms with van der Waals surface area (Å²) in [7, 11) is 0. The maximum atomic E-state index is 11.8. The molecule has 2 nitrogen and oxygen atoms in total. The molecule has 0 saturated carbocycles. The largest absolute Gasteiger partial charge is 0.289 e. The standard InChI is InChI=1S/C11H9NOS/c1-8-5-10(7-14-8)11(13)9-3-2-4-12-6-9/h2-7H,1H3. The summed E-state index contributed by atoms with van der Waals surface area (Å²) >= 11 is 1.59. The summed E-state index contributed by atoms with van der Waals surface area (Å²) in [6, 6.07) is 5.45. The summed E-state index contributed by atoms with van der Waals surface area (Å²) < 4.78 is 0. The lowest BCUT2D eigenvalue weighted by atomic mass is 10.1. The van der Waals surface area contributed by atoms with E-state index in [0.717, 1.165) is 10.4 Å². The minimum atomic E-state index is 0.0439. The second-order valence-electron chi connectivity index (χ2n) is 3.02. The number of carbonyl (C=O) groups excluding carboxylic acids is 1. The average Bonchev–Trinajstić information content (AvgIpc) is 2.65. The van der Waals surface area contributed by atoms with E-state index in [1.165, 1.54) is 0 Å². The second-order valence-corrected chi connectivity index (χ2v) is 4.13. The van der Waals surface area contributed by atoms with Gasteiger partial charge in [0.25, 0.3) is 0 Å². The molecule has 0 saturated heterocycles. The quantitative estimate of drug-likeness (QED) is 0.702. The molecule has 0 aliphatic carbocycles. The molecule has 0 fully saturated rings. The Kier molecular flexibility index (Phi) is 2.41. The zero-order valence-electron chi connectivity index (χ0n) is 7.73. The number of hydrogen-bond acceptors (Lipinski definition) is 3. The monoisotopic (exact) mass is 203 g/mol. The number of carbonyl (C=O) groups is 1. The summed E-state index contributed by atoms with van der Waals surface area (Å²) in [6.07, 6.45) is 3.25. The fourth-order valence-electron chi connectivity index (χ4n) is 1.23. The van der Waals surface area contributed by atoms with Gasteiger partial charge in [0.1, 0.15) is 0 Å². The molecule has 0 radical (unpaired) electrons. The number of hydrogen-bond donors (Lipinski definition) is 0. The maximum absolute atomic E-state index is 11.8. The molecule has 3 heteroatoms. The average molecular weight is 203 g/mol. The number of rotatable bonds is 2. The summed E-state index contributed by atoms with van der Waals surface area (Å²) in [4.78, 5) is 16.9. The summed E-state index contributed by atoms with van der Waals surface area (Å²) in [5, 5.41) is 1.88. The Morgan fingerprint density at radius 2 is 2.29 bits per heavy atom. The lowest BCUT2D eigenvalue weighted by Crippen LogP contribution is -1.99. The van der Waals surface area contributed by atoms with Crippen LogP contribution in [0.4, 0.5) is 0 Å². The van der Waals surface area contributed by atoms with Gasteiger partial charge >= 0.3 is 0 Å². The van der Waals surface area contributed by atoms with E-state index >= 15 is 0 Å². The third-order valence-corrected chi connectivity index (χ3v) is 2.78. The van der Waals surface area contributed by atoms with E-state index in [1.807, 2.05) is 18.4 Å². The lowest BCUT2D eigenvalue weighted by molar-refractivity contribution is 0.103. The highest BCUT2D eigenvalue weighted by atomic mass is 32.1. The highest BCUT2D eigenvalue weighted by Crippen LogP contribution is 2.16. The molecule has 0 amide bonds.